The molecule has 1 fully saturated rings. The largest absolute Gasteiger partial charge is 0.478 e. The number of anilines is 1. The van der Waals surface area contributed by atoms with E-state index in [-0.39, 0.29) is 11.7 Å². The molecule has 1 saturated heterocycles. The predicted octanol–water partition coefficient (Wildman–Crippen LogP) is 2.26. The van der Waals surface area contributed by atoms with Crippen LogP contribution in [-0.2, 0) is 4.74 Å². The Labute approximate surface area is 105 Å². The van der Waals surface area contributed by atoms with Crippen LogP contribution in [0.15, 0.2) is 18.2 Å². The Morgan fingerprint density at radius 3 is 2.88 bits per heavy atom. The Bertz CT molecular complexity index is 436. The molecule has 1 N–H and O–H groups in total. The van der Waals surface area contributed by atoms with Crippen LogP contribution in [0.2, 0.25) is 5.02 Å². The SMILES string of the molecule is COC1CCN(c2ccc(C(=O)O)cc2Cl)C1. The van der Waals surface area contributed by atoms with Crippen molar-refractivity contribution in [1.29, 1.82) is 0 Å². The van der Waals surface area contributed by atoms with Gasteiger partial charge < -0.3 is 14.7 Å². The van der Waals surface area contributed by atoms with Crippen LogP contribution in [0.5, 0.6) is 0 Å². The first kappa shape index (κ1) is 12.2. The first-order valence-corrected chi connectivity index (χ1v) is 5.80. The van der Waals surface area contributed by atoms with Crippen LogP contribution in [0.4, 0.5) is 5.69 Å². The van der Waals surface area contributed by atoms with Crippen molar-refractivity contribution in [1.82, 2.24) is 0 Å². The van der Waals surface area contributed by atoms with Gasteiger partial charge in [0.25, 0.3) is 0 Å². The molecule has 5 heteroatoms. The maximum atomic E-state index is 10.8. The maximum absolute atomic E-state index is 10.8. The molecular formula is C12H14ClNO3. The standard InChI is InChI=1S/C12H14ClNO3/c1-17-9-4-5-14(7-9)11-3-2-8(12(15)16)6-10(11)13/h2-3,6,9H,4-5,7H2,1H3,(H,15,16). The zero-order valence-electron chi connectivity index (χ0n) is 9.52. The molecule has 0 amide bonds. The van der Waals surface area contributed by atoms with E-state index in [2.05, 4.69) is 4.90 Å². The van der Waals surface area contributed by atoms with Gasteiger partial charge in [-0.25, -0.2) is 4.79 Å². The number of ether oxygens (including phenoxy) is 1. The number of hydrogen-bond acceptors (Lipinski definition) is 3. The quantitative estimate of drug-likeness (QED) is 0.900. The molecule has 1 unspecified atom stereocenters. The Morgan fingerprint density at radius 2 is 2.35 bits per heavy atom. The summed E-state index contributed by atoms with van der Waals surface area (Å²) in [6.45, 7) is 1.67. The van der Waals surface area contributed by atoms with E-state index in [0.29, 0.717) is 5.02 Å². The second kappa shape index (κ2) is 4.94. The third kappa shape index (κ3) is 2.53. The number of hydrogen-bond donors (Lipinski definition) is 1. The lowest BCUT2D eigenvalue weighted by atomic mass is 10.2. The topological polar surface area (TPSA) is 49.8 Å². The van der Waals surface area contributed by atoms with Gasteiger partial charge in [0.05, 0.1) is 22.4 Å². The fraction of sp³-hybridized carbons (Fsp3) is 0.417. The van der Waals surface area contributed by atoms with Crippen molar-refractivity contribution in [3.63, 3.8) is 0 Å². The smallest absolute Gasteiger partial charge is 0.335 e. The van der Waals surface area contributed by atoms with Gasteiger partial charge in [-0.3, -0.25) is 0 Å². The Kier molecular flexibility index (Phi) is 3.54. The van der Waals surface area contributed by atoms with E-state index in [9.17, 15) is 4.79 Å². The summed E-state index contributed by atoms with van der Waals surface area (Å²) in [6.07, 6.45) is 1.19. The molecule has 1 aromatic carbocycles. The molecule has 92 valence electrons. The highest BCUT2D eigenvalue weighted by Crippen LogP contribution is 2.30. The van der Waals surface area contributed by atoms with E-state index in [1.165, 1.54) is 6.07 Å². The second-order valence-electron chi connectivity index (χ2n) is 4.06. The van der Waals surface area contributed by atoms with Crippen LogP contribution < -0.4 is 4.90 Å². The summed E-state index contributed by atoms with van der Waals surface area (Å²) in [5.41, 5.74) is 1.08. The molecule has 2 rings (SSSR count). The van der Waals surface area contributed by atoms with Crippen LogP contribution in [0.25, 0.3) is 0 Å². The second-order valence-corrected chi connectivity index (χ2v) is 4.47. The number of aromatic carboxylic acids is 1. The van der Waals surface area contributed by atoms with Gasteiger partial charge in [-0.1, -0.05) is 11.6 Å². The highest BCUT2D eigenvalue weighted by molar-refractivity contribution is 6.33. The van der Waals surface area contributed by atoms with Crippen molar-refractivity contribution in [2.75, 3.05) is 25.1 Å². The lowest BCUT2D eigenvalue weighted by Crippen LogP contribution is -2.22. The molecule has 1 aliphatic heterocycles. The monoisotopic (exact) mass is 255 g/mol. The average Bonchev–Trinajstić information content (AvgIpc) is 2.77. The first-order valence-electron chi connectivity index (χ1n) is 5.42. The minimum Gasteiger partial charge on any atom is -0.478 e. The van der Waals surface area contributed by atoms with Crippen molar-refractivity contribution in [3.8, 4) is 0 Å². The Balaban J connectivity index is 2.20. The number of halogens is 1. The molecular weight excluding hydrogens is 242 g/mol. The molecule has 1 atom stereocenters. The van der Waals surface area contributed by atoms with Gasteiger partial charge in [-0.15, -0.1) is 0 Å². The van der Waals surface area contributed by atoms with E-state index in [1.807, 2.05) is 0 Å². The molecule has 17 heavy (non-hydrogen) atoms. The first-order chi connectivity index (χ1) is 8.11. The maximum Gasteiger partial charge on any atom is 0.335 e. The Morgan fingerprint density at radius 1 is 1.59 bits per heavy atom. The summed E-state index contributed by atoms with van der Waals surface area (Å²) >= 11 is 6.10. The molecule has 0 radical (unpaired) electrons. The van der Waals surface area contributed by atoms with Crippen LogP contribution >= 0.6 is 11.6 Å². The average molecular weight is 256 g/mol. The third-order valence-electron chi connectivity index (χ3n) is 3.01. The summed E-state index contributed by atoms with van der Waals surface area (Å²) in [5.74, 6) is -0.963. The fourth-order valence-electron chi connectivity index (χ4n) is 2.04. The van der Waals surface area contributed by atoms with Gasteiger partial charge in [0.1, 0.15) is 0 Å². The van der Waals surface area contributed by atoms with E-state index in [4.69, 9.17) is 21.4 Å². The van der Waals surface area contributed by atoms with Gasteiger partial charge in [0.2, 0.25) is 0 Å². The summed E-state index contributed by atoms with van der Waals surface area (Å²) < 4.78 is 5.29. The minimum absolute atomic E-state index is 0.209. The molecule has 0 saturated carbocycles. The van der Waals surface area contributed by atoms with Gasteiger partial charge >= 0.3 is 5.97 Å². The van der Waals surface area contributed by atoms with E-state index < -0.39 is 5.97 Å². The molecule has 0 spiro atoms. The van der Waals surface area contributed by atoms with E-state index >= 15 is 0 Å². The van der Waals surface area contributed by atoms with Crippen LogP contribution in [0, 0.1) is 0 Å². The molecule has 0 bridgehead atoms. The number of methoxy groups -OCH3 is 1. The predicted molar refractivity (Wildman–Crippen MR) is 66.0 cm³/mol. The van der Waals surface area contributed by atoms with Gasteiger partial charge in [0.15, 0.2) is 0 Å². The van der Waals surface area contributed by atoms with Crippen LogP contribution in [0.1, 0.15) is 16.8 Å². The number of benzene rings is 1. The normalized spacial score (nSPS) is 19.6. The van der Waals surface area contributed by atoms with Gasteiger partial charge in [0, 0.05) is 20.2 Å². The third-order valence-corrected chi connectivity index (χ3v) is 3.32. The number of nitrogens with zero attached hydrogens (tertiary/aromatic N) is 1. The van der Waals surface area contributed by atoms with Crippen molar-refractivity contribution in [2.45, 2.75) is 12.5 Å². The van der Waals surface area contributed by atoms with Crippen LogP contribution in [0.3, 0.4) is 0 Å². The van der Waals surface area contributed by atoms with Crippen molar-refractivity contribution < 1.29 is 14.6 Å². The summed E-state index contributed by atoms with van der Waals surface area (Å²) in [5, 5.41) is 9.33. The fourth-order valence-corrected chi connectivity index (χ4v) is 2.34. The molecule has 0 aromatic heterocycles. The van der Waals surface area contributed by atoms with Crippen molar-refractivity contribution in [3.05, 3.63) is 28.8 Å². The molecule has 4 nitrogen and oxygen atoms in total. The molecule has 1 aromatic rings. The zero-order valence-corrected chi connectivity index (χ0v) is 10.3. The molecule has 0 aliphatic carbocycles. The molecule has 1 aliphatic rings. The van der Waals surface area contributed by atoms with Gasteiger partial charge in [-0.2, -0.15) is 0 Å². The lowest BCUT2D eigenvalue weighted by molar-refractivity contribution is 0.0697. The minimum atomic E-state index is -0.963. The summed E-state index contributed by atoms with van der Waals surface area (Å²) in [6, 6.07) is 4.81. The summed E-state index contributed by atoms with van der Waals surface area (Å²) in [7, 11) is 1.70. The van der Waals surface area contributed by atoms with Crippen molar-refractivity contribution >= 4 is 23.3 Å². The van der Waals surface area contributed by atoms with E-state index in [0.717, 1.165) is 25.2 Å². The highest BCUT2D eigenvalue weighted by atomic mass is 35.5. The molecule has 1 heterocycles. The van der Waals surface area contributed by atoms with Gasteiger partial charge in [-0.05, 0) is 24.6 Å². The summed E-state index contributed by atoms with van der Waals surface area (Å²) in [4.78, 5) is 12.9. The van der Waals surface area contributed by atoms with E-state index in [1.54, 1.807) is 19.2 Å². The number of carboxylic acid groups (broad SMARTS) is 1. The number of carboxylic acids is 1. The number of rotatable bonds is 3. The lowest BCUT2D eigenvalue weighted by Gasteiger charge is -2.19. The Hall–Kier alpha value is -1.26. The number of carbonyl (C=O) groups is 1. The van der Waals surface area contributed by atoms with Crippen LogP contribution in [-0.4, -0.2) is 37.4 Å². The van der Waals surface area contributed by atoms with Crippen molar-refractivity contribution in [2.24, 2.45) is 0 Å². The highest BCUT2D eigenvalue weighted by Gasteiger charge is 2.23. The zero-order chi connectivity index (χ0) is 12.4.